The Hall–Kier alpha value is -3.95. The molecule has 1 amide bonds. The maximum atomic E-state index is 13.6. The molecule has 0 saturated carbocycles. The van der Waals surface area contributed by atoms with Crippen molar-refractivity contribution in [2.45, 2.75) is 37.3 Å². The number of rotatable bonds is 6. The third-order valence-electron chi connectivity index (χ3n) is 8.52. The van der Waals surface area contributed by atoms with Gasteiger partial charge in [-0.1, -0.05) is 30.3 Å². The summed E-state index contributed by atoms with van der Waals surface area (Å²) in [6, 6.07) is 19.6. The Kier molecular flexibility index (Phi) is 7.16. The molecule has 0 aliphatic carbocycles. The Morgan fingerprint density at radius 3 is 2.58 bits per heavy atom. The molecule has 0 spiro atoms. The summed E-state index contributed by atoms with van der Waals surface area (Å²) in [4.78, 5) is 33.4. The number of hydrogen-bond donors (Lipinski definition) is 2. The minimum atomic E-state index is -1.08. The highest BCUT2D eigenvalue weighted by Crippen LogP contribution is 2.33. The molecule has 2 N–H and O–H groups in total. The van der Waals surface area contributed by atoms with E-state index in [0.717, 1.165) is 30.9 Å². The number of carbonyl (C=O) groups excluding carboxylic acids is 1. The number of piperidine rings is 2. The van der Waals surface area contributed by atoms with Gasteiger partial charge in [-0.25, -0.2) is 4.98 Å². The molecule has 2 aliphatic rings. The van der Waals surface area contributed by atoms with Crippen molar-refractivity contribution >= 4 is 16.9 Å². The standard InChI is InChI=1S/C31H35N5O4/c1-40-24-9-7-23(8-10-24)36-16-12-26-28(36)33-21-35(30(26)38)20-31(39)13-17-34(18-14-31)29(37)25-11-15-32-19-27(25)22-5-3-2-4-6-22/h2-10,12,16,21,25,27,32,39H,11,13-15,17-20H2,1H3/t25-,27+/m1/s1. The maximum Gasteiger partial charge on any atom is 0.262 e. The second-order valence-corrected chi connectivity index (χ2v) is 11.0. The van der Waals surface area contributed by atoms with Crippen molar-refractivity contribution in [3.63, 3.8) is 0 Å². The number of fused-ring (bicyclic) bond motifs is 1. The van der Waals surface area contributed by atoms with Gasteiger partial charge < -0.3 is 24.6 Å². The van der Waals surface area contributed by atoms with Gasteiger partial charge in [0.25, 0.3) is 5.56 Å². The van der Waals surface area contributed by atoms with Gasteiger partial charge in [-0.2, -0.15) is 0 Å². The van der Waals surface area contributed by atoms with Crippen LogP contribution < -0.4 is 15.6 Å². The SMILES string of the molecule is COc1ccc(-n2ccc3c(=O)n(CC4(O)CCN(C(=O)[C@@H]5CCNC[C@H]5c5ccccc5)CC4)cnc32)cc1. The zero-order valence-corrected chi connectivity index (χ0v) is 22.7. The first kappa shape index (κ1) is 26.3. The number of ether oxygens (including phenoxy) is 1. The first-order chi connectivity index (χ1) is 19.5. The van der Waals surface area contributed by atoms with E-state index in [2.05, 4.69) is 22.4 Å². The number of likely N-dealkylation sites (tertiary alicyclic amines) is 1. The minimum Gasteiger partial charge on any atom is -0.497 e. The van der Waals surface area contributed by atoms with Crippen LogP contribution in [0.2, 0.25) is 0 Å². The molecule has 4 heterocycles. The van der Waals surface area contributed by atoms with E-state index in [9.17, 15) is 14.7 Å². The van der Waals surface area contributed by atoms with E-state index < -0.39 is 5.60 Å². The highest BCUT2D eigenvalue weighted by molar-refractivity contribution is 5.80. The summed E-state index contributed by atoms with van der Waals surface area (Å²) >= 11 is 0. The zero-order chi connectivity index (χ0) is 27.7. The molecular weight excluding hydrogens is 506 g/mol. The zero-order valence-electron chi connectivity index (χ0n) is 22.7. The Bertz CT molecular complexity index is 1540. The molecule has 40 heavy (non-hydrogen) atoms. The lowest BCUT2D eigenvalue weighted by Gasteiger charge is -2.41. The summed E-state index contributed by atoms with van der Waals surface area (Å²) in [5.41, 5.74) is 1.35. The Balaban J connectivity index is 1.14. The lowest BCUT2D eigenvalue weighted by atomic mass is 9.80. The van der Waals surface area contributed by atoms with E-state index in [-0.39, 0.29) is 29.8 Å². The van der Waals surface area contributed by atoms with Crippen molar-refractivity contribution in [3.8, 4) is 11.4 Å². The fourth-order valence-corrected chi connectivity index (χ4v) is 6.18. The molecular formula is C31H35N5O4. The van der Waals surface area contributed by atoms with E-state index in [0.29, 0.717) is 37.0 Å². The van der Waals surface area contributed by atoms with Crippen molar-refractivity contribution in [1.82, 2.24) is 24.3 Å². The monoisotopic (exact) mass is 541 g/mol. The second kappa shape index (κ2) is 10.9. The van der Waals surface area contributed by atoms with Crippen molar-refractivity contribution in [3.05, 3.63) is 89.1 Å². The summed E-state index contributed by atoms with van der Waals surface area (Å²) in [6.45, 7) is 2.70. The van der Waals surface area contributed by atoms with E-state index in [1.165, 1.54) is 16.5 Å². The van der Waals surface area contributed by atoms with Crippen LogP contribution in [0, 0.1) is 5.92 Å². The minimum absolute atomic E-state index is 0.0705. The van der Waals surface area contributed by atoms with E-state index in [4.69, 9.17) is 4.74 Å². The molecule has 2 fully saturated rings. The molecule has 208 valence electrons. The predicted octanol–water partition coefficient (Wildman–Crippen LogP) is 2.94. The van der Waals surface area contributed by atoms with Crippen molar-refractivity contribution in [2.24, 2.45) is 5.92 Å². The number of methoxy groups -OCH3 is 1. The molecule has 0 unspecified atom stereocenters. The fourth-order valence-electron chi connectivity index (χ4n) is 6.18. The Labute approximate surface area is 233 Å². The average molecular weight is 542 g/mol. The van der Waals surface area contributed by atoms with Crippen molar-refractivity contribution < 1.29 is 14.6 Å². The molecule has 0 radical (unpaired) electrons. The summed E-state index contributed by atoms with van der Waals surface area (Å²) < 4.78 is 8.60. The molecule has 2 aliphatic heterocycles. The number of aromatic nitrogens is 3. The van der Waals surface area contributed by atoms with Gasteiger partial charge in [0.1, 0.15) is 12.1 Å². The molecule has 4 aromatic rings. The number of carbonyl (C=O) groups is 1. The highest BCUT2D eigenvalue weighted by Gasteiger charge is 2.39. The van der Waals surface area contributed by atoms with Crippen molar-refractivity contribution in [2.75, 3.05) is 33.3 Å². The summed E-state index contributed by atoms with van der Waals surface area (Å²) in [6.07, 6.45) is 4.97. The topological polar surface area (TPSA) is 102 Å². The molecule has 6 rings (SSSR count). The molecule has 0 bridgehead atoms. The quantitative estimate of drug-likeness (QED) is 0.389. The number of nitrogens with one attached hydrogen (secondary N) is 1. The molecule has 9 heteroatoms. The van der Waals surface area contributed by atoms with Gasteiger partial charge in [-0.3, -0.25) is 14.2 Å². The van der Waals surface area contributed by atoms with Crippen LogP contribution in [0.5, 0.6) is 5.75 Å². The molecule has 2 aromatic heterocycles. The van der Waals surface area contributed by atoms with Gasteiger partial charge >= 0.3 is 0 Å². The molecule has 2 atom stereocenters. The predicted molar refractivity (Wildman–Crippen MR) is 153 cm³/mol. The van der Waals surface area contributed by atoms with Crippen LogP contribution in [0.1, 0.15) is 30.7 Å². The molecule has 2 saturated heterocycles. The number of nitrogens with zero attached hydrogens (tertiary/aromatic N) is 4. The summed E-state index contributed by atoms with van der Waals surface area (Å²) in [7, 11) is 1.62. The third kappa shape index (κ3) is 5.02. The number of benzene rings is 2. The van der Waals surface area contributed by atoms with Crippen LogP contribution >= 0.6 is 0 Å². The first-order valence-corrected chi connectivity index (χ1v) is 13.9. The van der Waals surface area contributed by atoms with E-state index in [1.54, 1.807) is 13.2 Å². The Morgan fingerprint density at radius 2 is 1.85 bits per heavy atom. The maximum absolute atomic E-state index is 13.6. The second-order valence-electron chi connectivity index (χ2n) is 11.0. The van der Waals surface area contributed by atoms with Crippen molar-refractivity contribution in [1.29, 1.82) is 0 Å². The van der Waals surface area contributed by atoms with Gasteiger partial charge in [0.05, 0.1) is 24.6 Å². The van der Waals surface area contributed by atoms with Crippen LogP contribution in [0.15, 0.2) is 78.0 Å². The van der Waals surface area contributed by atoms with Crippen LogP contribution in [-0.4, -0.2) is 68.9 Å². The Morgan fingerprint density at radius 1 is 1.10 bits per heavy atom. The van der Waals surface area contributed by atoms with Gasteiger partial charge in [0, 0.05) is 43.4 Å². The highest BCUT2D eigenvalue weighted by atomic mass is 16.5. The van der Waals surface area contributed by atoms with Crippen LogP contribution in [0.25, 0.3) is 16.7 Å². The average Bonchev–Trinajstić information content (AvgIpc) is 3.44. The fraction of sp³-hybridized carbons (Fsp3) is 0.387. The summed E-state index contributed by atoms with van der Waals surface area (Å²) in [5, 5.41) is 15.4. The lowest BCUT2D eigenvalue weighted by Crippen LogP contribution is -2.52. The van der Waals surface area contributed by atoms with Crippen LogP contribution in [0.4, 0.5) is 0 Å². The number of hydrogen-bond acceptors (Lipinski definition) is 6. The smallest absolute Gasteiger partial charge is 0.262 e. The number of amides is 1. The normalized spacial score (nSPS) is 20.9. The molecule has 9 nitrogen and oxygen atoms in total. The lowest BCUT2D eigenvalue weighted by molar-refractivity contribution is -0.141. The number of aliphatic hydroxyl groups is 1. The van der Waals surface area contributed by atoms with Gasteiger partial charge in [-0.05, 0) is 61.7 Å². The third-order valence-corrected chi connectivity index (χ3v) is 8.52. The van der Waals surface area contributed by atoms with E-state index >= 15 is 0 Å². The van der Waals surface area contributed by atoms with Gasteiger partial charge in [0.15, 0.2) is 5.65 Å². The van der Waals surface area contributed by atoms with Crippen LogP contribution in [-0.2, 0) is 11.3 Å². The summed E-state index contributed by atoms with van der Waals surface area (Å²) in [5.74, 6) is 0.990. The van der Waals surface area contributed by atoms with Crippen LogP contribution in [0.3, 0.4) is 0 Å². The first-order valence-electron chi connectivity index (χ1n) is 13.9. The molecule has 2 aromatic carbocycles. The van der Waals surface area contributed by atoms with Gasteiger partial charge in [-0.15, -0.1) is 0 Å². The van der Waals surface area contributed by atoms with Gasteiger partial charge in [0.2, 0.25) is 5.91 Å². The van der Waals surface area contributed by atoms with E-state index in [1.807, 2.05) is 58.1 Å². The largest absolute Gasteiger partial charge is 0.497 e.